The molecule has 0 aliphatic carbocycles. The Bertz CT molecular complexity index is 587. The largest absolute Gasteiger partial charge is 0.382 e. The third-order valence-electron chi connectivity index (χ3n) is 2.65. The number of rotatable bonds is 8. The molecule has 0 aliphatic heterocycles. The van der Waals surface area contributed by atoms with Crippen LogP contribution in [0.15, 0.2) is 17.6 Å². The maximum Gasteiger partial charge on any atom is 0.319 e. The van der Waals surface area contributed by atoms with Gasteiger partial charge in [-0.15, -0.1) is 11.3 Å². The van der Waals surface area contributed by atoms with Crippen molar-refractivity contribution in [2.24, 2.45) is 0 Å². The van der Waals surface area contributed by atoms with E-state index in [4.69, 9.17) is 9.47 Å². The van der Waals surface area contributed by atoms with E-state index in [0.29, 0.717) is 37.6 Å². The molecular formula is C12H15N3O4S. The number of hydrogen-bond acceptors (Lipinski definition) is 7. The number of aromatic nitrogens is 1. The van der Waals surface area contributed by atoms with E-state index in [-0.39, 0.29) is 5.69 Å². The normalized spacial score (nSPS) is 10.8. The number of nitro benzene ring substituents is 1. The standard InChI is InChI=1S/C12H15N3O4S/c1-18-6-7-19-5-4-13-9-2-3-10-11(14-8-20-10)12(9)15(16)17/h2-3,8,13H,4-7H2,1H3. The van der Waals surface area contributed by atoms with Gasteiger partial charge in [0.25, 0.3) is 0 Å². The third-order valence-corrected chi connectivity index (χ3v) is 3.45. The van der Waals surface area contributed by atoms with Gasteiger partial charge in [-0.1, -0.05) is 0 Å². The summed E-state index contributed by atoms with van der Waals surface area (Å²) in [4.78, 5) is 14.8. The number of methoxy groups -OCH3 is 1. The Morgan fingerprint density at radius 3 is 3.00 bits per heavy atom. The van der Waals surface area contributed by atoms with Crippen LogP contribution in [0.1, 0.15) is 0 Å². The van der Waals surface area contributed by atoms with Crippen LogP contribution in [0.3, 0.4) is 0 Å². The van der Waals surface area contributed by atoms with Crippen LogP contribution in [0.5, 0.6) is 0 Å². The van der Waals surface area contributed by atoms with Gasteiger partial charge in [0.1, 0.15) is 5.69 Å². The highest BCUT2D eigenvalue weighted by atomic mass is 32.1. The van der Waals surface area contributed by atoms with Gasteiger partial charge < -0.3 is 14.8 Å². The second-order valence-corrected chi connectivity index (χ2v) is 4.84. The Morgan fingerprint density at radius 2 is 2.25 bits per heavy atom. The molecule has 0 saturated heterocycles. The zero-order valence-corrected chi connectivity index (χ0v) is 11.8. The van der Waals surface area contributed by atoms with Crippen molar-refractivity contribution in [1.29, 1.82) is 0 Å². The van der Waals surface area contributed by atoms with Crippen molar-refractivity contribution >= 4 is 32.9 Å². The molecule has 0 bridgehead atoms. The lowest BCUT2D eigenvalue weighted by atomic mass is 10.2. The Morgan fingerprint density at radius 1 is 1.40 bits per heavy atom. The molecule has 0 amide bonds. The lowest BCUT2D eigenvalue weighted by Gasteiger charge is -2.08. The highest BCUT2D eigenvalue weighted by molar-refractivity contribution is 7.16. The van der Waals surface area contributed by atoms with Gasteiger partial charge in [0, 0.05) is 13.7 Å². The fourth-order valence-corrected chi connectivity index (χ4v) is 2.43. The smallest absolute Gasteiger partial charge is 0.319 e. The fraction of sp³-hybridized carbons (Fsp3) is 0.417. The summed E-state index contributed by atoms with van der Waals surface area (Å²) in [7, 11) is 1.61. The fourth-order valence-electron chi connectivity index (χ4n) is 1.75. The van der Waals surface area contributed by atoms with Crippen LogP contribution in [-0.2, 0) is 9.47 Å². The Labute approximate surface area is 119 Å². The number of nitro groups is 1. The predicted molar refractivity (Wildman–Crippen MR) is 77.5 cm³/mol. The lowest BCUT2D eigenvalue weighted by Crippen LogP contribution is -2.12. The van der Waals surface area contributed by atoms with Crippen LogP contribution in [0.4, 0.5) is 11.4 Å². The minimum Gasteiger partial charge on any atom is -0.382 e. The molecule has 0 radical (unpaired) electrons. The number of fused-ring (bicyclic) bond motifs is 1. The minimum absolute atomic E-state index is 0.0145. The molecule has 1 heterocycles. The molecule has 20 heavy (non-hydrogen) atoms. The SMILES string of the molecule is COCCOCCNc1ccc2scnc2c1[N+](=O)[O-]. The highest BCUT2D eigenvalue weighted by Crippen LogP contribution is 2.34. The van der Waals surface area contributed by atoms with Gasteiger partial charge in [-0.05, 0) is 12.1 Å². The maximum absolute atomic E-state index is 11.2. The van der Waals surface area contributed by atoms with Crippen molar-refractivity contribution in [3.8, 4) is 0 Å². The molecule has 0 atom stereocenters. The molecule has 0 fully saturated rings. The van der Waals surface area contributed by atoms with Gasteiger partial charge in [0.05, 0.1) is 35.0 Å². The average molecular weight is 297 g/mol. The zero-order chi connectivity index (χ0) is 14.4. The molecule has 1 aromatic heterocycles. The molecule has 2 aromatic rings. The number of hydrogen-bond donors (Lipinski definition) is 1. The topological polar surface area (TPSA) is 86.5 Å². The number of benzene rings is 1. The Kier molecular flexibility index (Phi) is 5.22. The molecule has 108 valence electrons. The summed E-state index contributed by atoms with van der Waals surface area (Å²) in [5.74, 6) is 0. The second-order valence-electron chi connectivity index (χ2n) is 3.95. The minimum atomic E-state index is -0.407. The molecule has 0 spiro atoms. The average Bonchev–Trinajstić information content (AvgIpc) is 2.90. The molecular weight excluding hydrogens is 282 g/mol. The number of thiazole rings is 1. The van der Waals surface area contributed by atoms with Gasteiger partial charge in [-0.2, -0.15) is 0 Å². The summed E-state index contributed by atoms with van der Waals surface area (Å²) in [6.45, 7) is 1.98. The molecule has 0 unspecified atom stereocenters. The summed E-state index contributed by atoms with van der Waals surface area (Å²) < 4.78 is 11.0. The first kappa shape index (κ1) is 14.6. The number of nitrogens with one attached hydrogen (secondary N) is 1. The molecule has 1 N–H and O–H groups in total. The molecule has 0 saturated carbocycles. The van der Waals surface area contributed by atoms with E-state index in [1.807, 2.05) is 6.07 Å². The van der Waals surface area contributed by atoms with Crippen molar-refractivity contribution in [2.75, 3.05) is 38.8 Å². The molecule has 7 nitrogen and oxygen atoms in total. The van der Waals surface area contributed by atoms with E-state index in [1.165, 1.54) is 11.3 Å². The maximum atomic E-state index is 11.2. The Hall–Kier alpha value is -1.77. The number of nitrogens with zero attached hydrogens (tertiary/aromatic N) is 2. The number of anilines is 1. The molecule has 8 heteroatoms. The lowest BCUT2D eigenvalue weighted by molar-refractivity contribution is -0.382. The summed E-state index contributed by atoms with van der Waals surface area (Å²) in [6.07, 6.45) is 0. The molecule has 2 rings (SSSR count). The van der Waals surface area contributed by atoms with Crippen molar-refractivity contribution in [3.63, 3.8) is 0 Å². The van der Waals surface area contributed by atoms with E-state index < -0.39 is 4.92 Å². The summed E-state index contributed by atoms with van der Waals surface area (Å²) >= 11 is 1.38. The van der Waals surface area contributed by atoms with E-state index in [9.17, 15) is 10.1 Å². The first-order chi connectivity index (χ1) is 9.74. The van der Waals surface area contributed by atoms with Gasteiger partial charge >= 0.3 is 5.69 Å². The highest BCUT2D eigenvalue weighted by Gasteiger charge is 2.20. The van der Waals surface area contributed by atoms with E-state index in [0.717, 1.165) is 4.70 Å². The van der Waals surface area contributed by atoms with Crippen molar-refractivity contribution in [1.82, 2.24) is 4.98 Å². The third kappa shape index (κ3) is 3.41. The van der Waals surface area contributed by atoms with Crippen LogP contribution in [0.25, 0.3) is 10.2 Å². The van der Waals surface area contributed by atoms with Crippen molar-refractivity contribution in [3.05, 3.63) is 27.8 Å². The summed E-state index contributed by atoms with van der Waals surface area (Å²) in [5.41, 5.74) is 2.50. The Balaban J connectivity index is 2.02. The van der Waals surface area contributed by atoms with Gasteiger partial charge in [-0.3, -0.25) is 10.1 Å². The van der Waals surface area contributed by atoms with E-state index >= 15 is 0 Å². The predicted octanol–water partition coefficient (Wildman–Crippen LogP) is 2.28. The number of ether oxygens (including phenoxy) is 2. The quantitative estimate of drug-likeness (QED) is 0.457. The zero-order valence-electron chi connectivity index (χ0n) is 11.0. The van der Waals surface area contributed by atoms with E-state index in [1.54, 1.807) is 18.7 Å². The monoisotopic (exact) mass is 297 g/mol. The van der Waals surface area contributed by atoms with Crippen LogP contribution >= 0.6 is 11.3 Å². The van der Waals surface area contributed by atoms with Crippen molar-refractivity contribution < 1.29 is 14.4 Å². The van der Waals surface area contributed by atoms with Crippen LogP contribution in [0, 0.1) is 10.1 Å². The van der Waals surface area contributed by atoms with Gasteiger partial charge in [-0.25, -0.2) is 4.98 Å². The molecule has 0 aliphatic rings. The van der Waals surface area contributed by atoms with Crippen LogP contribution in [-0.4, -0.2) is 43.4 Å². The van der Waals surface area contributed by atoms with Crippen LogP contribution < -0.4 is 5.32 Å². The first-order valence-corrected chi connectivity index (χ1v) is 6.93. The first-order valence-electron chi connectivity index (χ1n) is 6.05. The summed E-state index contributed by atoms with van der Waals surface area (Å²) in [6, 6.07) is 3.53. The van der Waals surface area contributed by atoms with Gasteiger partial charge in [0.15, 0.2) is 5.52 Å². The van der Waals surface area contributed by atoms with Gasteiger partial charge in [0.2, 0.25) is 0 Å². The molecule has 1 aromatic carbocycles. The van der Waals surface area contributed by atoms with Crippen molar-refractivity contribution in [2.45, 2.75) is 0 Å². The second kappa shape index (κ2) is 7.13. The van der Waals surface area contributed by atoms with E-state index in [2.05, 4.69) is 10.3 Å². The van der Waals surface area contributed by atoms with Crippen LogP contribution in [0.2, 0.25) is 0 Å². The summed E-state index contributed by atoms with van der Waals surface area (Å²) in [5, 5.41) is 14.2.